The van der Waals surface area contributed by atoms with Crippen molar-refractivity contribution in [2.24, 2.45) is 0 Å². The second-order valence-corrected chi connectivity index (χ2v) is 4.91. The van der Waals surface area contributed by atoms with E-state index >= 15 is 0 Å². The lowest BCUT2D eigenvalue weighted by Gasteiger charge is -2.06. The normalized spacial score (nSPS) is 9.89. The minimum atomic E-state index is 0.514. The summed E-state index contributed by atoms with van der Waals surface area (Å²) >= 11 is 1.53. The van der Waals surface area contributed by atoms with Crippen molar-refractivity contribution in [3.63, 3.8) is 0 Å². The summed E-state index contributed by atoms with van der Waals surface area (Å²) < 4.78 is 5.57. The molecule has 1 heterocycles. The summed E-state index contributed by atoms with van der Waals surface area (Å²) in [6, 6.07) is 9.32. The maximum absolute atomic E-state index is 8.92. The van der Waals surface area contributed by atoms with Crippen molar-refractivity contribution in [3.05, 3.63) is 47.8 Å². The van der Waals surface area contributed by atoms with E-state index in [1.807, 2.05) is 19.1 Å². The molecule has 1 aromatic carbocycles. The van der Waals surface area contributed by atoms with E-state index in [0.29, 0.717) is 17.9 Å². The van der Waals surface area contributed by atoms with Gasteiger partial charge in [-0.1, -0.05) is 23.9 Å². The average molecular weight is 271 g/mol. The van der Waals surface area contributed by atoms with Gasteiger partial charge in [-0.05, 0) is 24.6 Å². The summed E-state index contributed by atoms with van der Waals surface area (Å²) in [5, 5.41) is 9.66. The third-order valence-electron chi connectivity index (χ3n) is 2.34. The maximum atomic E-state index is 8.92. The number of benzene rings is 1. The topological polar surface area (TPSA) is 58.8 Å². The smallest absolute Gasteiger partial charge is 0.187 e. The number of rotatable bonds is 5. The number of nitrogens with zero attached hydrogens (tertiary/aromatic N) is 3. The molecule has 0 saturated carbocycles. The second kappa shape index (κ2) is 6.76. The van der Waals surface area contributed by atoms with Crippen LogP contribution in [0.3, 0.4) is 0 Å². The first-order chi connectivity index (χ1) is 9.29. The Bertz CT molecular complexity index is 578. The van der Waals surface area contributed by atoms with Crippen LogP contribution in [0.15, 0.2) is 41.8 Å². The molecule has 0 spiro atoms. The van der Waals surface area contributed by atoms with E-state index in [9.17, 15) is 0 Å². The van der Waals surface area contributed by atoms with Crippen LogP contribution in [0.25, 0.3) is 0 Å². The molecule has 2 aromatic rings. The van der Waals surface area contributed by atoms with E-state index < -0.39 is 0 Å². The molecule has 0 N–H and O–H groups in total. The number of hydrogen-bond acceptors (Lipinski definition) is 5. The van der Waals surface area contributed by atoms with E-state index in [2.05, 4.69) is 16.0 Å². The maximum Gasteiger partial charge on any atom is 0.187 e. The van der Waals surface area contributed by atoms with E-state index in [1.54, 1.807) is 24.5 Å². The number of nitriles is 1. The molecular weight excluding hydrogens is 258 g/mol. The minimum Gasteiger partial charge on any atom is -0.491 e. The van der Waals surface area contributed by atoms with Crippen LogP contribution in [0.4, 0.5) is 0 Å². The van der Waals surface area contributed by atoms with Crippen LogP contribution < -0.4 is 4.74 Å². The van der Waals surface area contributed by atoms with Crippen molar-refractivity contribution in [3.8, 4) is 11.8 Å². The Morgan fingerprint density at radius 1 is 1.26 bits per heavy atom. The Morgan fingerprint density at radius 3 is 2.74 bits per heavy atom. The lowest BCUT2D eigenvalue weighted by molar-refractivity contribution is 0.343. The lowest BCUT2D eigenvalue weighted by Crippen LogP contribution is -2.02. The molecule has 0 bridgehead atoms. The van der Waals surface area contributed by atoms with Crippen molar-refractivity contribution in [1.29, 1.82) is 5.26 Å². The van der Waals surface area contributed by atoms with Crippen LogP contribution in [0.2, 0.25) is 0 Å². The van der Waals surface area contributed by atoms with Gasteiger partial charge in [-0.25, -0.2) is 9.97 Å². The Kier molecular flexibility index (Phi) is 4.76. The number of thioether (sulfide) groups is 1. The minimum absolute atomic E-state index is 0.514. The van der Waals surface area contributed by atoms with Crippen molar-refractivity contribution >= 4 is 11.8 Å². The summed E-state index contributed by atoms with van der Waals surface area (Å²) in [5.74, 6) is 1.36. The zero-order valence-corrected chi connectivity index (χ0v) is 11.4. The van der Waals surface area contributed by atoms with Crippen molar-refractivity contribution < 1.29 is 4.74 Å². The summed E-state index contributed by atoms with van der Waals surface area (Å²) in [5.41, 5.74) is 1.60. The molecule has 0 saturated heterocycles. The van der Waals surface area contributed by atoms with E-state index in [-0.39, 0.29) is 0 Å². The highest BCUT2D eigenvalue weighted by Gasteiger charge is 2.02. The summed E-state index contributed by atoms with van der Waals surface area (Å²) in [4.78, 5) is 8.40. The fourth-order valence-electron chi connectivity index (χ4n) is 1.42. The molecule has 2 rings (SSSR count). The molecule has 0 unspecified atom stereocenters. The Labute approximate surface area is 116 Å². The molecule has 0 amide bonds. The van der Waals surface area contributed by atoms with Gasteiger partial charge in [0.25, 0.3) is 0 Å². The summed E-state index contributed by atoms with van der Waals surface area (Å²) in [6.45, 7) is 2.47. The van der Waals surface area contributed by atoms with Crippen LogP contribution in [0.1, 0.15) is 11.1 Å². The Morgan fingerprint density at radius 2 is 2.00 bits per heavy atom. The van der Waals surface area contributed by atoms with Crippen LogP contribution in [-0.2, 0) is 0 Å². The van der Waals surface area contributed by atoms with Crippen LogP contribution in [0, 0.1) is 18.3 Å². The molecule has 4 nitrogen and oxygen atoms in total. The van der Waals surface area contributed by atoms with Gasteiger partial charge >= 0.3 is 0 Å². The highest BCUT2D eigenvalue weighted by atomic mass is 32.2. The van der Waals surface area contributed by atoms with Gasteiger partial charge in [0.2, 0.25) is 0 Å². The quantitative estimate of drug-likeness (QED) is 0.475. The molecular formula is C14H13N3OS. The predicted molar refractivity (Wildman–Crippen MR) is 74.1 cm³/mol. The van der Waals surface area contributed by atoms with E-state index in [1.165, 1.54) is 11.8 Å². The van der Waals surface area contributed by atoms with E-state index in [4.69, 9.17) is 10.00 Å². The molecule has 5 heteroatoms. The standard InChI is InChI=1S/C14H13N3OS/c1-11-9-16-14(17-10-11)19-7-6-18-13-5-3-2-4-12(13)8-15/h2-5,9-10H,6-7H2,1H3. The predicted octanol–water partition coefficient (Wildman–Crippen LogP) is 2.83. The zero-order valence-electron chi connectivity index (χ0n) is 10.5. The number of hydrogen-bond donors (Lipinski definition) is 0. The van der Waals surface area contributed by atoms with Gasteiger partial charge in [-0.15, -0.1) is 0 Å². The molecule has 0 radical (unpaired) electrons. The number of aryl methyl sites for hydroxylation is 1. The molecule has 0 aliphatic carbocycles. The molecule has 0 aliphatic rings. The van der Waals surface area contributed by atoms with Gasteiger partial charge in [0.05, 0.1) is 12.2 Å². The van der Waals surface area contributed by atoms with Gasteiger partial charge in [-0.2, -0.15) is 5.26 Å². The largest absolute Gasteiger partial charge is 0.491 e. The van der Waals surface area contributed by atoms with Crippen molar-refractivity contribution in [2.75, 3.05) is 12.4 Å². The zero-order chi connectivity index (χ0) is 13.5. The third kappa shape index (κ3) is 3.97. The van der Waals surface area contributed by atoms with Gasteiger partial charge in [0.15, 0.2) is 5.16 Å². The molecule has 0 atom stereocenters. The fraction of sp³-hybridized carbons (Fsp3) is 0.214. The van der Waals surface area contributed by atoms with Gasteiger partial charge in [0, 0.05) is 18.1 Å². The first kappa shape index (κ1) is 13.4. The fourth-order valence-corrected chi connectivity index (χ4v) is 2.03. The molecule has 0 fully saturated rings. The highest BCUT2D eigenvalue weighted by Crippen LogP contribution is 2.18. The number of para-hydroxylation sites is 1. The van der Waals surface area contributed by atoms with Gasteiger partial charge in [-0.3, -0.25) is 0 Å². The van der Waals surface area contributed by atoms with Crippen LogP contribution >= 0.6 is 11.8 Å². The first-order valence-electron chi connectivity index (χ1n) is 5.83. The molecule has 19 heavy (non-hydrogen) atoms. The van der Waals surface area contributed by atoms with Crippen LogP contribution in [0.5, 0.6) is 5.75 Å². The molecule has 0 aliphatic heterocycles. The average Bonchev–Trinajstić information content (AvgIpc) is 2.46. The summed E-state index contributed by atoms with van der Waals surface area (Å²) in [7, 11) is 0. The lowest BCUT2D eigenvalue weighted by atomic mass is 10.2. The van der Waals surface area contributed by atoms with Crippen molar-refractivity contribution in [1.82, 2.24) is 9.97 Å². The van der Waals surface area contributed by atoms with Crippen molar-refractivity contribution in [2.45, 2.75) is 12.1 Å². The Hall–Kier alpha value is -2.06. The van der Waals surface area contributed by atoms with Crippen LogP contribution in [-0.4, -0.2) is 22.3 Å². The van der Waals surface area contributed by atoms with Gasteiger partial charge < -0.3 is 4.74 Å². The monoisotopic (exact) mass is 271 g/mol. The highest BCUT2D eigenvalue weighted by molar-refractivity contribution is 7.99. The van der Waals surface area contributed by atoms with Gasteiger partial charge in [0.1, 0.15) is 11.8 Å². The molecule has 1 aromatic heterocycles. The molecule has 96 valence electrons. The second-order valence-electron chi connectivity index (χ2n) is 3.85. The van der Waals surface area contributed by atoms with E-state index in [0.717, 1.165) is 16.5 Å². The third-order valence-corrected chi connectivity index (χ3v) is 3.18. The summed E-state index contributed by atoms with van der Waals surface area (Å²) in [6.07, 6.45) is 3.59. The SMILES string of the molecule is Cc1cnc(SCCOc2ccccc2C#N)nc1. The number of ether oxygens (including phenoxy) is 1. The first-order valence-corrected chi connectivity index (χ1v) is 6.81. The Balaban J connectivity index is 1.81. The number of aromatic nitrogens is 2.